The van der Waals surface area contributed by atoms with Crippen molar-refractivity contribution in [1.29, 1.82) is 0 Å². The Morgan fingerprint density at radius 2 is 0.476 bits per heavy atom. The Balaban J connectivity index is 4.42. The molecule has 464 valence electrons. The van der Waals surface area contributed by atoms with Gasteiger partial charge in [0.05, 0.1) is 0 Å². The van der Waals surface area contributed by atoms with Crippen molar-refractivity contribution in [1.82, 2.24) is 0 Å². The first-order valence-electron chi connectivity index (χ1n) is 33.8. The number of rotatable bonds is 60. The number of carbonyl (C=O) groups is 3. The standard InChI is InChI=1S/C76H124O6/c1-4-7-10-13-16-19-22-25-28-30-32-34-36-37-38-39-41-42-44-46-48-51-54-57-60-63-66-69-75(78)81-72-73(71-80-74(77)68-65-62-59-56-53-50-27-24-21-18-15-12-9-6-3)82-76(79)70-67-64-61-58-55-52-49-47-45-43-40-35-33-31-29-26-23-20-17-14-11-8-5-2/h7-8,10-11,16-17,19-20,24-29,32-35,37-38,41-42,46,48,73H,4-6,9,12-15,18,21-23,30-31,36,39-40,43-45,47,49-72H2,1-3H3/b10-7-,11-8-,19-16-,20-17-,27-24-,28-25-,29-26-,34-32-,35-33-,38-37-,42-41-,48-46-. The second-order valence-corrected chi connectivity index (χ2v) is 22.0. The predicted octanol–water partition coefficient (Wildman–Crippen LogP) is 23.5. The average molecular weight is 1130 g/mol. The monoisotopic (exact) mass is 1130 g/mol. The lowest BCUT2D eigenvalue weighted by molar-refractivity contribution is -0.167. The maximum absolute atomic E-state index is 12.9. The molecule has 0 aromatic rings. The van der Waals surface area contributed by atoms with Crippen LogP contribution in [-0.4, -0.2) is 37.2 Å². The van der Waals surface area contributed by atoms with E-state index in [1.807, 2.05) is 0 Å². The van der Waals surface area contributed by atoms with Crippen LogP contribution in [0.1, 0.15) is 297 Å². The van der Waals surface area contributed by atoms with E-state index < -0.39 is 6.10 Å². The second-order valence-electron chi connectivity index (χ2n) is 22.0. The molecule has 0 bridgehead atoms. The highest BCUT2D eigenvalue weighted by Gasteiger charge is 2.19. The zero-order chi connectivity index (χ0) is 59.2. The third-order valence-corrected chi connectivity index (χ3v) is 14.1. The summed E-state index contributed by atoms with van der Waals surface area (Å²) in [5.74, 6) is -0.923. The Kier molecular flexibility index (Phi) is 64.8. The molecule has 6 nitrogen and oxygen atoms in total. The Hall–Kier alpha value is -4.71. The lowest BCUT2D eigenvalue weighted by Crippen LogP contribution is -2.30. The molecule has 0 aliphatic carbocycles. The molecule has 0 heterocycles. The van der Waals surface area contributed by atoms with Crippen LogP contribution < -0.4 is 0 Å². The van der Waals surface area contributed by atoms with Gasteiger partial charge in [0.2, 0.25) is 0 Å². The van der Waals surface area contributed by atoms with E-state index in [0.717, 1.165) is 154 Å². The van der Waals surface area contributed by atoms with Crippen LogP contribution >= 0.6 is 0 Å². The van der Waals surface area contributed by atoms with Crippen molar-refractivity contribution in [3.05, 3.63) is 146 Å². The fourth-order valence-corrected chi connectivity index (χ4v) is 9.06. The lowest BCUT2D eigenvalue weighted by atomic mass is 10.0. The molecule has 0 aromatic heterocycles. The molecule has 6 heteroatoms. The van der Waals surface area contributed by atoms with Gasteiger partial charge in [-0.05, 0) is 141 Å². The van der Waals surface area contributed by atoms with E-state index in [4.69, 9.17) is 14.2 Å². The molecule has 0 aliphatic rings. The summed E-state index contributed by atoms with van der Waals surface area (Å²) in [7, 11) is 0. The first-order chi connectivity index (χ1) is 40.5. The number of esters is 3. The molecule has 1 unspecified atom stereocenters. The van der Waals surface area contributed by atoms with Crippen molar-refractivity contribution in [2.75, 3.05) is 13.2 Å². The van der Waals surface area contributed by atoms with Gasteiger partial charge in [-0.2, -0.15) is 0 Å². The molecular formula is C76H124O6. The molecule has 0 radical (unpaired) electrons. The Morgan fingerprint density at radius 3 is 0.756 bits per heavy atom. The molecule has 0 aromatic carbocycles. The molecule has 0 saturated heterocycles. The number of carbonyl (C=O) groups excluding carboxylic acids is 3. The highest BCUT2D eigenvalue weighted by Crippen LogP contribution is 2.15. The maximum Gasteiger partial charge on any atom is 0.306 e. The van der Waals surface area contributed by atoms with Crippen molar-refractivity contribution in [3.63, 3.8) is 0 Å². The highest BCUT2D eigenvalue weighted by atomic mass is 16.6. The molecule has 0 N–H and O–H groups in total. The molecule has 0 amide bonds. The van der Waals surface area contributed by atoms with E-state index >= 15 is 0 Å². The fourth-order valence-electron chi connectivity index (χ4n) is 9.06. The van der Waals surface area contributed by atoms with Crippen molar-refractivity contribution in [3.8, 4) is 0 Å². The molecule has 0 rings (SSSR count). The predicted molar refractivity (Wildman–Crippen MR) is 357 cm³/mol. The van der Waals surface area contributed by atoms with Gasteiger partial charge in [-0.25, -0.2) is 0 Å². The van der Waals surface area contributed by atoms with Gasteiger partial charge in [-0.3, -0.25) is 14.4 Å². The van der Waals surface area contributed by atoms with Crippen LogP contribution in [0.3, 0.4) is 0 Å². The summed E-state index contributed by atoms with van der Waals surface area (Å²) in [6, 6.07) is 0. The van der Waals surface area contributed by atoms with Crippen molar-refractivity contribution >= 4 is 17.9 Å². The van der Waals surface area contributed by atoms with Crippen LogP contribution in [0.5, 0.6) is 0 Å². The summed E-state index contributed by atoms with van der Waals surface area (Å²) >= 11 is 0. The van der Waals surface area contributed by atoms with E-state index in [-0.39, 0.29) is 31.1 Å². The van der Waals surface area contributed by atoms with Crippen LogP contribution in [0.4, 0.5) is 0 Å². The van der Waals surface area contributed by atoms with Crippen LogP contribution in [0.15, 0.2) is 146 Å². The summed E-state index contributed by atoms with van der Waals surface area (Å²) in [6.45, 7) is 6.39. The minimum atomic E-state index is -0.800. The van der Waals surface area contributed by atoms with Gasteiger partial charge in [0, 0.05) is 19.3 Å². The van der Waals surface area contributed by atoms with Crippen LogP contribution in [0.25, 0.3) is 0 Å². The first kappa shape index (κ1) is 77.3. The zero-order valence-corrected chi connectivity index (χ0v) is 53.2. The van der Waals surface area contributed by atoms with Gasteiger partial charge < -0.3 is 14.2 Å². The van der Waals surface area contributed by atoms with E-state index in [2.05, 4.69) is 167 Å². The SMILES string of the molecule is CC/C=C\C/C=C\C/C=C\C/C=C\C/C=C\C/C=C\C/C=C\CCCCCCCC(=O)OCC(COC(=O)CCCCCCC/C=C\CCCCCCC)OC(=O)CCCCCCCCCCCC/C=C\C/C=C\C/C=C\C/C=C\CC. The van der Waals surface area contributed by atoms with Gasteiger partial charge in [0.25, 0.3) is 0 Å². The van der Waals surface area contributed by atoms with Crippen LogP contribution in [-0.2, 0) is 28.6 Å². The molecule has 0 aliphatic heterocycles. The average Bonchev–Trinajstić information content (AvgIpc) is 3.48. The van der Waals surface area contributed by atoms with Gasteiger partial charge in [0.15, 0.2) is 6.10 Å². The fraction of sp³-hybridized carbons (Fsp3) is 0.645. The van der Waals surface area contributed by atoms with Gasteiger partial charge in [0.1, 0.15) is 13.2 Å². The summed E-state index contributed by atoms with van der Waals surface area (Å²) in [4.78, 5) is 38.4. The quantitative estimate of drug-likeness (QED) is 0.0261. The number of unbranched alkanes of at least 4 members (excludes halogenated alkanes) is 25. The lowest BCUT2D eigenvalue weighted by Gasteiger charge is -2.18. The maximum atomic E-state index is 12.9. The zero-order valence-electron chi connectivity index (χ0n) is 53.2. The number of hydrogen-bond donors (Lipinski definition) is 0. The van der Waals surface area contributed by atoms with Gasteiger partial charge in [-0.15, -0.1) is 0 Å². The van der Waals surface area contributed by atoms with E-state index in [1.165, 1.54) is 103 Å². The second kappa shape index (κ2) is 68.8. The highest BCUT2D eigenvalue weighted by molar-refractivity contribution is 5.71. The molecule has 1 atom stereocenters. The summed E-state index contributed by atoms with van der Waals surface area (Å²) in [6.07, 6.45) is 98.5. The topological polar surface area (TPSA) is 78.9 Å². The molecule has 0 spiro atoms. The normalized spacial score (nSPS) is 13.1. The number of allylic oxidation sites excluding steroid dienone is 24. The van der Waals surface area contributed by atoms with E-state index in [0.29, 0.717) is 19.3 Å². The van der Waals surface area contributed by atoms with Crippen molar-refractivity contribution in [2.24, 2.45) is 0 Å². The van der Waals surface area contributed by atoms with E-state index in [9.17, 15) is 14.4 Å². The molecule has 0 fully saturated rings. The minimum absolute atomic E-state index is 0.0942. The Labute approximate surface area is 506 Å². The van der Waals surface area contributed by atoms with Gasteiger partial charge in [-0.1, -0.05) is 282 Å². The third kappa shape index (κ3) is 66.1. The van der Waals surface area contributed by atoms with Gasteiger partial charge >= 0.3 is 17.9 Å². The van der Waals surface area contributed by atoms with Crippen LogP contribution in [0.2, 0.25) is 0 Å². The number of hydrogen-bond acceptors (Lipinski definition) is 6. The Bertz CT molecular complexity index is 1780. The first-order valence-corrected chi connectivity index (χ1v) is 33.8. The minimum Gasteiger partial charge on any atom is -0.462 e. The van der Waals surface area contributed by atoms with Crippen molar-refractivity contribution in [2.45, 2.75) is 303 Å². The summed E-state index contributed by atoms with van der Waals surface area (Å²) in [5, 5.41) is 0. The van der Waals surface area contributed by atoms with Crippen molar-refractivity contribution < 1.29 is 28.6 Å². The van der Waals surface area contributed by atoms with E-state index in [1.54, 1.807) is 0 Å². The smallest absolute Gasteiger partial charge is 0.306 e. The molecule has 82 heavy (non-hydrogen) atoms. The number of ether oxygens (including phenoxy) is 3. The largest absolute Gasteiger partial charge is 0.462 e. The summed E-state index contributed by atoms with van der Waals surface area (Å²) in [5.41, 5.74) is 0. The third-order valence-electron chi connectivity index (χ3n) is 14.1. The molecular weight excluding hydrogens is 1010 g/mol. The molecule has 0 saturated carbocycles. The Morgan fingerprint density at radius 1 is 0.256 bits per heavy atom. The van der Waals surface area contributed by atoms with Crippen LogP contribution in [0, 0.1) is 0 Å². The summed E-state index contributed by atoms with van der Waals surface area (Å²) < 4.78 is 16.9.